The van der Waals surface area contributed by atoms with Gasteiger partial charge in [-0.3, -0.25) is 9.32 Å². The quantitative estimate of drug-likeness (QED) is 0.523. The first-order valence-electron chi connectivity index (χ1n) is 10.7. The van der Waals surface area contributed by atoms with E-state index in [4.69, 9.17) is 14.0 Å². The standard InChI is InChI=1S/C23H23F3N4O5/c1-33-18-7-6-15(12-19(18)34-2)21-27-35-22(32)30(21)14-20(31)29-10-8-28(9-11-29)17-5-3-4-16(13-17)23(24,25)26/h3-7,12-13H,8-11,14H2,1-2H3. The first-order valence-corrected chi connectivity index (χ1v) is 10.7. The predicted octanol–water partition coefficient (Wildman–Crippen LogP) is 2.89. The van der Waals surface area contributed by atoms with Gasteiger partial charge in [0.1, 0.15) is 6.54 Å². The van der Waals surface area contributed by atoms with Crippen LogP contribution >= 0.6 is 0 Å². The average molecular weight is 492 g/mol. The summed E-state index contributed by atoms with van der Waals surface area (Å²) >= 11 is 0. The zero-order valence-electron chi connectivity index (χ0n) is 19.0. The Labute approximate surface area is 198 Å². The van der Waals surface area contributed by atoms with Gasteiger partial charge >= 0.3 is 11.9 Å². The highest BCUT2D eigenvalue weighted by molar-refractivity contribution is 5.77. The van der Waals surface area contributed by atoms with Crippen LogP contribution in [0, 0.1) is 0 Å². The van der Waals surface area contributed by atoms with E-state index in [2.05, 4.69) is 5.16 Å². The number of nitrogens with zero attached hydrogens (tertiary/aromatic N) is 4. The molecule has 35 heavy (non-hydrogen) atoms. The van der Waals surface area contributed by atoms with E-state index in [0.717, 1.165) is 16.7 Å². The molecule has 1 saturated heterocycles. The van der Waals surface area contributed by atoms with E-state index in [9.17, 15) is 22.8 Å². The molecule has 1 amide bonds. The Morgan fingerprint density at radius 2 is 1.74 bits per heavy atom. The van der Waals surface area contributed by atoms with Crippen molar-refractivity contribution in [3.05, 3.63) is 58.6 Å². The number of carbonyl (C=O) groups excluding carboxylic acids is 1. The largest absolute Gasteiger partial charge is 0.493 e. The van der Waals surface area contributed by atoms with Gasteiger partial charge in [-0.25, -0.2) is 9.36 Å². The van der Waals surface area contributed by atoms with E-state index in [0.29, 0.717) is 48.9 Å². The maximum absolute atomic E-state index is 13.0. The molecule has 1 fully saturated rings. The summed E-state index contributed by atoms with van der Waals surface area (Å²) in [6.07, 6.45) is -4.43. The topological polar surface area (TPSA) is 90.0 Å². The van der Waals surface area contributed by atoms with Crippen molar-refractivity contribution in [2.45, 2.75) is 12.7 Å². The highest BCUT2D eigenvalue weighted by atomic mass is 19.4. The number of aromatic nitrogens is 2. The monoisotopic (exact) mass is 492 g/mol. The molecular weight excluding hydrogens is 469 g/mol. The zero-order chi connectivity index (χ0) is 25.2. The number of anilines is 1. The number of piperazine rings is 1. The molecule has 2 heterocycles. The maximum atomic E-state index is 13.0. The average Bonchev–Trinajstić information content (AvgIpc) is 3.23. The Kier molecular flexibility index (Phi) is 6.72. The minimum Gasteiger partial charge on any atom is -0.493 e. The lowest BCUT2D eigenvalue weighted by molar-refractivity contribution is -0.137. The van der Waals surface area contributed by atoms with E-state index >= 15 is 0 Å². The highest BCUT2D eigenvalue weighted by Crippen LogP contribution is 2.33. The van der Waals surface area contributed by atoms with Crippen molar-refractivity contribution in [2.24, 2.45) is 0 Å². The second-order valence-corrected chi connectivity index (χ2v) is 7.84. The van der Waals surface area contributed by atoms with Crippen molar-refractivity contribution in [1.82, 2.24) is 14.6 Å². The van der Waals surface area contributed by atoms with Crippen molar-refractivity contribution in [3.8, 4) is 22.9 Å². The summed E-state index contributed by atoms with van der Waals surface area (Å²) in [6, 6.07) is 10.0. The van der Waals surface area contributed by atoms with Crippen LogP contribution < -0.4 is 20.1 Å². The molecule has 9 nitrogen and oxygen atoms in total. The normalized spacial score (nSPS) is 14.2. The predicted molar refractivity (Wildman–Crippen MR) is 120 cm³/mol. The summed E-state index contributed by atoms with van der Waals surface area (Å²) in [6.45, 7) is 0.999. The summed E-state index contributed by atoms with van der Waals surface area (Å²) in [7, 11) is 2.97. The molecule has 0 bridgehead atoms. The Hall–Kier alpha value is -3.96. The number of rotatable bonds is 6. The van der Waals surface area contributed by atoms with Crippen molar-refractivity contribution in [2.75, 3.05) is 45.3 Å². The Balaban J connectivity index is 1.45. The third kappa shape index (κ3) is 5.10. The number of carbonyl (C=O) groups is 1. The second-order valence-electron chi connectivity index (χ2n) is 7.84. The number of ether oxygens (including phenoxy) is 2. The molecule has 1 aromatic heterocycles. The van der Waals surface area contributed by atoms with E-state index in [1.165, 1.54) is 20.3 Å². The van der Waals surface area contributed by atoms with Gasteiger partial charge in [0.2, 0.25) is 5.91 Å². The molecule has 1 aliphatic rings. The molecule has 1 aliphatic heterocycles. The number of halogens is 3. The van der Waals surface area contributed by atoms with Crippen LogP contribution in [0.1, 0.15) is 5.56 Å². The summed E-state index contributed by atoms with van der Waals surface area (Å²) in [5.41, 5.74) is 0.219. The number of alkyl halides is 3. The lowest BCUT2D eigenvalue weighted by Gasteiger charge is -2.36. The lowest BCUT2D eigenvalue weighted by atomic mass is 10.1. The molecule has 0 radical (unpaired) electrons. The maximum Gasteiger partial charge on any atom is 0.442 e. The van der Waals surface area contributed by atoms with Crippen LogP contribution in [0.15, 0.2) is 51.8 Å². The number of methoxy groups -OCH3 is 2. The molecule has 0 aliphatic carbocycles. The first-order chi connectivity index (χ1) is 16.7. The summed E-state index contributed by atoms with van der Waals surface area (Å²) in [5.74, 6) is -0.0502. The third-order valence-electron chi connectivity index (χ3n) is 5.79. The second kappa shape index (κ2) is 9.72. The fourth-order valence-electron chi connectivity index (χ4n) is 3.92. The number of benzene rings is 2. The third-order valence-corrected chi connectivity index (χ3v) is 5.79. The van der Waals surface area contributed by atoms with Crippen LogP contribution in [-0.2, 0) is 17.5 Å². The van der Waals surface area contributed by atoms with Gasteiger partial charge in [-0.15, -0.1) is 0 Å². The van der Waals surface area contributed by atoms with E-state index in [1.54, 1.807) is 34.1 Å². The van der Waals surface area contributed by atoms with E-state index in [-0.39, 0.29) is 18.3 Å². The Morgan fingerprint density at radius 3 is 2.40 bits per heavy atom. The summed E-state index contributed by atoms with van der Waals surface area (Å²) < 4.78 is 55.5. The number of hydrogen-bond donors (Lipinski definition) is 0. The van der Waals surface area contributed by atoms with Gasteiger partial charge in [0.25, 0.3) is 0 Å². The van der Waals surface area contributed by atoms with Gasteiger partial charge in [-0.2, -0.15) is 13.2 Å². The molecule has 0 spiro atoms. The molecule has 4 rings (SSSR count). The molecule has 3 aromatic rings. The molecule has 186 valence electrons. The van der Waals surface area contributed by atoms with Gasteiger partial charge in [-0.1, -0.05) is 11.2 Å². The van der Waals surface area contributed by atoms with Crippen molar-refractivity contribution < 1.29 is 32.0 Å². The van der Waals surface area contributed by atoms with Crippen LogP contribution in [0.3, 0.4) is 0 Å². The SMILES string of the molecule is COc1ccc(-c2noc(=O)n2CC(=O)N2CCN(c3cccc(C(F)(F)F)c3)CC2)cc1OC. The van der Waals surface area contributed by atoms with Crippen LogP contribution in [0.2, 0.25) is 0 Å². The van der Waals surface area contributed by atoms with Crippen molar-refractivity contribution in [3.63, 3.8) is 0 Å². The molecule has 0 saturated carbocycles. The molecule has 0 unspecified atom stereocenters. The smallest absolute Gasteiger partial charge is 0.442 e. The summed E-state index contributed by atoms with van der Waals surface area (Å²) in [5, 5.41) is 3.80. The van der Waals surface area contributed by atoms with E-state index in [1.807, 2.05) is 0 Å². The molecular formula is C23H23F3N4O5. The van der Waals surface area contributed by atoms with Crippen molar-refractivity contribution in [1.29, 1.82) is 0 Å². The van der Waals surface area contributed by atoms with Crippen LogP contribution in [0.25, 0.3) is 11.4 Å². The van der Waals surface area contributed by atoms with Gasteiger partial charge in [0.05, 0.1) is 19.8 Å². The number of amides is 1. The fourth-order valence-corrected chi connectivity index (χ4v) is 3.92. The first kappa shape index (κ1) is 24.2. The summed E-state index contributed by atoms with van der Waals surface area (Å²) in [4.78, 5) is 28.6. The zero-order valence-corrected chi connectivity index (χ0v) is 19.0. The lowest BCUT2D eigenvalue weighted by Crippen LogP contribution is -2.50. The van der Waals surface area contributed by atoms with Crippen LogP contribution in [-0.4, -0.2) is 60.9 Å². The minimum absolute atomic E-state index is 0.159. The Morgan fingerprint density at radius 1 is 1.03 bits per heavy atom. The Bertz CT molecular complexity index is 1260. The van der Waals surface area contributed by atoms with Gasteiger partial charge in [0.15, 0.2) is 17.3 Å². The van der Waals surface area contributed by atoms with Crippen molar-refractivity contribution >= 4 is 11.6 Å². The molecule has 0 atom stereocenters. The molecule has 2 aromatic carbocycles. The van der Waals surface area contributed by atoms with E-state index < -0.39 is 17.5 Å². The highest BCUT2D eigenvalue weighted by Gasteiger charge is 2.31. The van der Waals surface area contributed by atoms with Gasteiger partial charge in [0, 0.05) is 37.4 Å². The fraction of sp³-hybridized carbons (Fsp3) is 0.348. The number of hydrogen-bond acceptors (Lipinski definition) is 7. The van der Waals surface area contributed by atoms with Gasteiger partial charge in [-0.05, 0) is 36.4 Å². The van der Waals surface area contributed by atoms with Crippen LogP contribution in [0.5, 0.6) is 11.5 Å². The van der Waals surface area contributed by atoms with Crippen LogP contribution in [0.4, 0.5) is 18.9 Å². The van der Waals surface area contributed by atoms with Gasteiger partial charge < -0.3 is 19.3 Å². The molecule has 12 heteroatoms. The minimum atomic E-state index is -4.43. The molecule has 0 N–H and O–H groups in total.